The number of amides is 1. The number of alkyl halides is 3. The monoisotopic (exact) mass is 654 g/mol. The number of nitrogens with one attached hydrogen (secondary N) is 1. The maximum atomic E-state index is 14.5. The first kappa shape index (κ1) is 38.0. The van der Waals surface area contributed by atoms with E-state index in [1.54, 1.807) is 26.8 Å². The second-order valence-electron chi connectivity index (χ2n) is 11.9. The van der Waals surface area contributed by atoms with Crippen LogP contribution in [-0.2, 0) is 27.1 Å². The fourth-order valence-electron chi connectivity index (χ4n) is 4.83. The molecule has 0 bridgehead atoms. The number of rotatable bonds is 8. The van der Waals surface area contributed by atoms with Crippen molar-refractivity contribution in [3.63, 3.8) is 0 Å². The third-order valence-corrected chi connectivity index (χ3v) is 7.49. The third kappa shape index (κ3) is 9.40. The summed E-state index contributed by atoms with van der Waals surface area (Å²) in [6.07, 6.45) is -5.48. The highest BCUT2D eigenvalue weighted by molar-refractivity contribution is 6.31. The van der Waals surface area contributed by atoms with Gasteiger partial charge in [-0.3, -0.25) is 0 Å². The average Bonchev–Trinajstić information content (AvgIpc) is 2.94. The van der Waals surface area contributed by atoms with Crippen molar-refractivity contribution < 1.29 is 36.9 Å². The fraction of sp³-hybridized carbons (Fsp3) is 0.471. The largest absolute Gasteiger partial charge is 0.444 e. The van der Waals surface area contributed by atoms with Crippen LogP contribution < -0.4 is 5.32 Å². The number of hydrogen-bond acceptors (Lipinski definition) is 5. The number of aromatic nitrogens is 1. The first-order valence-electron chi connectivity index (χ1n) is 14.4. The number of hydrogen-bond donors (Lipinski definition) is 2. The van der Waals surface area contributed by atoms with Gasteiger partial charge in [-0.05, 0) is 80.5 Å². The van der Waals surface area contributed by atoms with E-state index >= 15 is 0 Å². The summed E-state index contributed by atoms with van der Waals surface area (Å²) in [6.45, 7) is 9.72. The molecule has 248 valence electrons. The van der Waals surface area contributed by atoms with Crippen LogP contribution in [-0.4, -0.2) is 40.6 Å². The van der Waals surface area contributed by atoms with Gasteiger partial charge in [-0.15, -0.1) is 0 Å². The standard InChI is InChI=1S/C31H33ClF4N2O4.C2H6.CH4/c1-28(2,3)42-27(39)37-18-30(40,31(34,35)36)26-14-21(13-25(38-26)20-10-11-24(33)23(32)12-20)29(4)15-22(16-29)41-17-19-8-6-5-7-9-19;1-2;/h5-14,22,40H,15-18H2,1-4H3,(H,37,39);1-2H3;1H4. The molecule has 0 aliphatic heterocycles. The Morgan fingerprint density at radius 3 is 2.24 bits per heavy atom. The molecule has 1 saturated carbocycles. The fourth-order valence-corrected chi connectivity index (χ4v) is 5.01. The predicted molar refractivity (Wildman–Crippen MR) is 169 cm³/mol. The van der Waals surface area contributed by atoms with Crippen molar-refractivity contribution >= 4 is 17.7 Å². The van der Waals surface area contributed by atoms with Crippen LogP contribution >= 0.6 is 11.6 Å². The zero-order valence-electron chi connectivity index (χ0n) is 25.7. The summed E-state index contributed by atoms with van der Waals surface area (Å²) in [7, 11) is 0. The number of pyridine rings is 1. The average molecular weight is 655 g/mol. The van der Waals surface area contributed by atoms with Crippen LogP contribution in [0.5, 0.6) is 0 Å². The Morgan fingerprint density at radius 1 is 1.07 bits per heavy atom. The normalized spacial score (nSPS) is 19.2. The molecule has 2 N–H and O–H groups in total. The van der Waals surface area contributed by atoms with E-state index in [1.807, 2.05) is 56.4 Å². The Bertz CT molecular complexity index is 1420. The van der Waals surface area contributed by atoms with Crippen LogP contribution in [0.2, 0.25) is 5.02 Å². The molecule has 0 spiro atoms. The molecular formula is C34H43ClF4N2O4. The Kier molecular flexibility index (Phi) is 12.6. The van der Waals surface area contributed by atoms with Gasteiger partial charge < -0.3 is 19.9 Å². The van der Waals surface area contributed by atoms with E-state index in [-0.39, 0.29) is 29.8 Å². The lowest BCUT2D eigenvalue weighted by Crippen LogP contribution is -2.52. The van der Waals surface area contributed by atoms with E-state index in [0.717, 1.165) is 11.6 Å². The zero-order chi connectivity index (χ0) is 32.9. The van der Waals surface area contributed by atoms with Gasteiger partial charge in [0.2, 0.25) is 5.60 Å². The van der Waals surface area contributed by atoms with Gasteiger partial charge in [0.05, 0.1) is 35.7 Å². The quantitative estimate of drug-likeness (QED) is 0.237. The molecule has 1 amide bonds. The molecule has 0 saturated heterocycles. The minimum atomic E-state index is -5.23. The Morgan fingerprint density at radius 2 is 1.69 bits per heavy atom. The van der Waals surface area contributed by atoms with Gasteiger partial charge in [-0.1, -0.05) is 70.1 Å². The van der Waals surface area contributed by atoms with Gasteiger partial charge in [0.25, 0.3) is 0 Å². The van der Waals surface area contributed by atoms with Crippen molar-refractivity contribution in [2.75, 3.05) is 6.54 Å². The summed E-state index contributed by atoms with van der Waals surface area (Å²) in [6, 6.07) is 16.1. The number of ether oxygens (including phenoxy) is 2. The van der Waals surface area contributed by atoms with E-state index in [0.29, 0.717) is 25.0 Å². The summed E-state index contributed by atoms with van der Waals surface area (Å²) in [5.74, 6) is -0.700. The molecule has 11 heteroatoms. The Balaban J connectivity index is 0.00000230. The molecule has 1 heterocycles. The Labute approximate surface area is 268 Å². The molecule has 45 heavy (non-hydrogen) atoms. The van der Waals surface area contributed by atoms with Crippen molar-refractivity contribution in [2.24, 2.45) is 0 Å². The maximum absolute atomic E-state index is 14.5. The van der Waals surface area contributed by atoms with Crippen molar-refractivity contribution in [3.05, 3.63) is 88.3 Å². The number of aliphatic hydroxyl groups is 1. The van der Waals surface area contributed by atoms with Crippen LogP contribution in [0.15, 0.2) is 60.7 Å². The maximum Gasteiger partial charge on any atom is 0.424 e. The number of nitrogens with zero attached hydrogens (tertiary/aromatic N) is 1. The molecule has 1 aliphatic rings. The smallest absolute Gasteiger partial charge is 0.424 e. The third-order valence-electron chi connectivity index (χ3n) is 7.20. The van der Waals surface area contributed by atoms with Gasteiger partial charge >= 0.3 is 12.3 Å². The summed E-state index contributed by atoms with van der Waals surface area (Å²) in [5, 5.41) is 12.9. The number of alkyl carbamates (subject to hydrolysis) is 1. The highest BCUT2D eigenvalue weighted by Gasteiger charge is 2.57. The summed E-state index contributed by atoms with van der Waals surface area (Å²) < 4.78 is 68.5. The Hall–Kier alpha value is -3.21. The van der Waals surface area contributed by atoms with Gasteiger partial charge in [-0.2, -0.15) is 13.2 Å². The second kappa shape index (κ2) is 14.9. The van der Waals surface area contributed by atoms with Crippen LogP contribution in [0.1, 0.15) is 78.6 Å². The second-order valence-corrected chi connectivity index (χ2v) is 12.3. The lowest BCUT2D eigenvalue weighted by molar-refractivity contribution is -0.265. The van der Waals surface area contributed by atoms with E-state index in [1.165, 1.54) is 18.2 Å². The zero-order valence-corrected chi connectivity index (χ0v) is 26.4. The molecule has 1 fully saturated rings. The van der Waals surface area contributed by atoms with Gasteiger partial charge in [0.15, 0.2) is 0 Å². The van der Waals surface area contributed by atoms with E-state index in [9.17, 15) is 27.5 Å². The molecule has 1 aliphatic carbocycles. The topological polar surface area (TPSA) is 80.7 Å². The minimum Gasteiger partial charge on any atom is -0.444 e. The molecule has 2 aromatic carbocycles. The van der Waals surface area contributed by atoms with Crippen molar-refractivity contribution in [2.45, 2.75) is 97.3 Å². The van der Waals surface area contributed by atoms with Crippen molar-refractivity contribution in [1.29, 1.82) is 0 Å². The molecule has 1 unspecified atom stereocenters. The van der Waals surface area contributed by atoms with E-state index in [2.05, 4.69) is 4.98 Å². The molecule has 0 radical (unpaired) electrons. The lowest BCUT2D eigenvalue weighted by Gasteiger charge is -2.46. The molecule has 6 nitrogen and oxygen atoms in total. The summed E-state index contributed by atoms with van der Waals surface area (Å²) >= 11 is 5.97. The van der Waals surface area contributed by atoms with E-state index in [4.69, 9.17) is 21.1 Å². The van der Waals surface area contributed by atoms with Crippen LogP contribution in [0, 0.1) is 5.82 Å². The van der Waals surface area contributed by atoms with Crippen LogP contribution in [0.4, 0.5) is 22.4 Å². The number of halogens is 5. The van der Waals surface area contributed by atoms with E-state index < -0.39 is 46.9 Å². The molecule has 3 aromatic rings. The molecule has 1 aromatic heterocycles. The number of carbonyl (C=O) groups excluding carboxylic acids is 1. The highest BCUT2D eigenvalue weighted by Crippen LogP contribution is 2.48. The van der Waals surface area contributed by atoms with Gasteiger partial charge in [0.1, 0.15) is 11.4 Å². The molecular weight excluding hydrogens is 612 g/mol. The lowest BCUT2D eigenvalue weighted by atomic mass is 9.63. The van der Waals surface area contributed by atoms with Crippen LogP contribution in [0.25, 0.3) is 11.3 Å². The first-order chi connectivity index (χ1) is 20.5. The number of carbonyl (C=O) groups is 1. The SMILES string of the molecule is C.CC.CC(C)(C)OC(=O)NCC(O)(c1cc(C2(C)CC(OCc3ccccc3)C2)cc(-c2ccc(F)c(Cl)c2)n1)C(F)(F)F. The summed E-state index contributed by atoms with van der Waals surface area (Å²) in [4.78, 5) is 16.4. The van der Waals surface area contributed by atoms with Gasteiger partial charge in [0, 0.05) is 5.56 Å². The van der Waals surface area contributed by atoms with Crippen molar-refractivity contribution in [3.8, 4) is 11.3 Å². The van der Waals surface area contributed by atoms with Crippen molar-refractivity contribution in [1.82, 2.24) is 10.3 Å². The first-order valence-corrected chi connectivity index (χ1v) is 14.8. The molecule has 1 atom stereocenters. The minimum absolute atomic E-state index is 0. The highest BCUT2D eigenvalue weighted by atomic mass is 35.5. The summed E-state index contributed by atoms with van der Waals surface area (Å²) in [5.41, 5.74) is -4.08. The predicted octanol–water partition coefficient (Wildman–Crippen LogP) is 9.11. The van der Waals surface area contributed by atoms with Gasteiger partial charge in [-0.25, -0.2) is 14.2 Å². The van der Waals surface area contributed by atoms with Crippen LogP contribution in [0.3, 0.4) is 0 Å². The molecule has 4 rings (SSSR count). The number of benzene rings is 2.